The fraction of sp³-hybridized carbons (Fsp3) is 0.227. The Morgan fingerprint density at radius 1 is 1.25 bits per heavy atom. The average Bonchev–Trinajstić information content (AvgIpc) is 3.38. The predicted molar refractivity (Wildman–Crippen MR) is 126 cm³/mol. The third-order valence-corrected chi connectivity index (χ3v) is 8.32. The summed E-state index contributed by atoms with van der Waals surface area (Å²) in [7, 11) is -0.597. The van der Waals surface area contributed by atoms with Crippen LogP contribution in [0.4, 0.5) is 5.69 Å². The van der Waals surface area contributed by atoms with Gasteiger partial charge in [0.1, 0.15) is 18.4 Å². The number of benzene rings is 2. The topological polar surface area (TPSA) is 86.7 Å². The molecule has 0 aliphatic carbocycles. The molecule has 0 atom stereocenters. The third kappa shape index (κ3) is 3.88. The fourth-order valence-corrected chi connectivity index (χ4v) is 6.60. The van der Waals surface area contributed by atoms with Crippen molar-refractivity contribution in [3.05, 3.63) is 52.5 Å². The van der Waals surface area contributed by atoms with Crippen molar-refractivity contribution >= 4 is 66.4 Å². The van der Waals surface area contributed by atoms with Gasteiger partial charge in [-0.15, -0.1) is 0 Å². The number of ether oxygens (including phenoxy) is 1. The second kappa shape index (κ2) is 8.11. The summed E-state index contributed by atoms with van der Waals surface area (Å²) in [6, 6.07) is 13.7. The van der Waals surface area contributed by atoms with Gasteiger partial charge in [0.25, 0.3) is 15.4 Å². The Kier molecular flexibility index (Phi) is 5.40. The molecule has 0 fully saturated rings. The maximum atomic E-state index is 11.1. The van der Waals surface area contributed by atoms with E-state index >= 15 is 0 Å². The van der Waals surface area contributed by atoms with E-state index in [1.165, 1.54) is 0 Å². The lowest BCUT2D eigenvalue weighted by atomic mass is 10.2. The van der Waals surface area contributed by atoms with Crippen LogP contribution in [0.15, 0.2) is 56.8 Å². The molecular formula is C22H20N2O5S3. The van der Waals surface area contributed by atoms with Crippen LogP contribution < -0.4 is 14.2 Å². The SMILES string of the molecule is COc1ccc2oc3sc(/C=C4\Sc5ccccc5N4CCCS(=O)(=O)[O-])[n+](C)c3c2c1. The van der Waals surface area contributed by atoms with Crippen molar-refractivity contribution in [3.8, 4) is 5.75 Å². The van der Waals surface area contributed by atoms with E-state index in [9.17, 15) is 13.0 Å². The Morgan fingerprint density at radius 2 is 2.06 bits per heavy atom. The Morgan fingerprint density at radius 3 is 2.84 bits per heavy atom. The zero-order valence-electron chi connectivity index (χ0n) is 17.4. The van der Waals surface area contributed by atoms with Crippen molar-refractivity contribution in [2.75, 3.05) is 24.3 Å². The maximum absolute atomic E-state index is 11.1. The summed E-state index contributed by atoms with van der Waals surface area (Å²) in [4.78, 5) is 4.00. The van der Waals surface area contributed by atoms with Gasteiger partial charge in [-0.25, -0.2) is 8.42 Å². The zero-order valence-corrected chi connectivity index (χ0v) is 19.9. The zero-order chi connectivity index (χ0) is 22.5. The lowest BCUT2D eigenvalue weighted by molar-refractivity contribution is -0.641. The molecule has 32 heavy (non-hydrogen) atoms. The molecular weight excluding hydrogens is 468 g/mol. The fourth-order valence-electron chi connectivity index (χ4n) is 3.85. The van der Waals surface area contributed by atoms with E-state index in [0.29, 0.717) is 6.54 Å². The van der Waals surface area contributed by atoms with Gasteiger partial charge in [-0.3, -0.25) is 0 Å². The molecule has 3 heterocycles. The number of thiazole rings is 1. The summed E-state index contributed by atoms with van der Waals surface area (Å²) >= 11 is 3.18. The van der Waals surface area contributed by atoms with Gasteiger partial charge in [-0.2, -0.15) is 4.57 Å². The van der Waals surface area contributed by atoms with Crippen molar-refractivity contribution < 1.29 is 26.7 Å². The third-order valence-electron chi connectivity index (χ3n) is 5.36. The molecule has 0 bridgehead atoms. The van der Waals surface area contributed by atoms with E-state index in [1.54, 1.807) is 30.2 Å². The number of thioether (sulfide) groups is 1. The van der Waals surface area contributed by atoms with E-state index in [4.69, 9.17) is 9.15 Å². The molecule has 10 heteroatoms. The Balaban J connectivity index is 1.54. The minimum atomic E-state index is -4.24. The van der Waals surface area contributed by atoms with Gasteiger partial charge >= 0.3 is 0 Å². The summed E-state index contributed by atoms with van der Waals surface area (Å²) < 4.78 is 46.8. The molecule has 0 N–H and O–H groups in total. The first-order chi connectivity index (χ1) is 15.3. The van der Waals surface area contributed by atoms with Crippen LogP contribution in [0.25, 0.3) is 27.5 Å². The van der Waals surface area contributed by atoms with Gasteiger partial charge in [0.2, 0.25) is 0 Å². The number of rotatable bonds is 6. The molecule has 1 aliphatic rings. The summed E-state index contributed by atoms with van der Waals surface area (Å²) in [5.41, 5.74) is 2.83. The van der Waals surface area contributed by atoms with Gasteiger partial charge in [-0.1, -0.05) is 23.9 Å². The van der Waals surface area contributed by atoms with E-state index in [0.717, 1.165) is 47.8 Å². The van der Waals surface area contributed by atoms with Gasteiger partial charge < -0.3 is 18.6 Å². The number of methoxy groups -OCH3 is 1. The largest absolute Gasteiger partial charge is 0.748 e. The van der Waals surface area contributed by atoms with Gasteiger partial charge in [0.15, 0.2) is 0 Å². The number of hydrogen-bond donors (Lipinski definition) is 0. The monoisotopic (exact) mass is 488 g/mol. The second-order valence-electron chi connectivity index (χ2n) is 7.42. The first kappa shape index (κ1) is 21.3. The lowest BCUT2D eigenvalue weighted by Gasteiger charge is -2.20. The molecule has 166 valence electrons. The average molecular weight is 489 g/mol. The van der Waals surface area contributed by atoms with Crippen LogP contribution in [0.1, 0.15) is 11.4 Å². The summed E-state index contributed by atoms with van der Waals surface area (Å²) in [6.45, 7) is 0.447. The van der Waals surface area contributed by atoms with E-state index < -0.39 is 10.1 Å². The number of aromatic nitrogens is 1. The van der Waals surface area contributed by atoms with Crippen molar-refractivity contribution in [1.29, 1.82) is 0 Å². The number of aryl methyl sites for hydroxylation is 1. The van der Waals surface area contributed by atoms with Crippen molar-refractivity contribution in [2.24, 2.45) is 7.05 Å². The van der Waals surface area contributed by atoms with Crippen LogP contribution >= 0.6 is 23.1 Å². The molecule has 0 radical (unpaired) electrons. The first-order valence-electron chi connectivity index (χ1n) is 9.93. The van der Waals surface area contributed by atoms with Crippen molar-refractivity contribution in [1.82, 2.24) is 0 Å². The smallest absolute Gasteiger partial charge is 0.271 e. The first-order valence-corrected chi connectivity index (χ1v) is 13.1. The Hall–Kier alpha value is -2.53. The van der Waals surface area contributed by atoms with Crippen LogP contribution in [0, 0.1) is 0 Å². The molecule has 0 saturated carbocycles. The van der Waals surface area contributed by atoms with Crippen LogP contribution in [0.2, 0.25) is 0 Å². The van der Waals surface area contributed by atoms with Crippen LogP contribution in [0.5, 0.6) is 5.75 Å². The predicted octanol–water partition coefficient (Wildman–Crippen LogP) is 4.33. The molecule has 2 aromatic carbocycles. The minimum absolute atomic E-state index is 0.265. The normalized spacial score (nSPS) is 15.2. The van der Waals surface area contributed by atoms with E-state index in [1.807, 2.05) is 49.5 Å². The summed E-state index contributed by atoms with van der Waals surface area (Å²) in [5.74, 6) is 0.393. The summed E-state index contributed by atoms with van der Waals surface area (Å²) in [5, 5.41) is 2.97. The highest BCUT2D eigenvalue weighted by Crippen LogP contribution is 2.47. The molecule has 0 amide bonds. The van der Waals surface area contributed by atoms with Gasteiger partial charge in [0.05, 0.1) is 39.4 Å². The molecule has 5 rings (SSSR count). The molecule has 7 nitrogen and oxygen atoms in total. The van der Waals surface area contributed by atoms with E-state index in [2.05, 4.69) is 15.5 Å². The van der Waals surface area contributed by atoms with Crippen molar-refractivity contribution in [3.63, 3.8) is 0 Å². The molecule has 0 spiro atoms. The lowest BCUT2D eigenvalue weighted by Crippen LogP contribution is -2.29. The molecule has 0 saturated heterocycles. The highest BCUT2D eigenvalue weighted by molar-refractivity contribution is 8.03. The highest BCUT2D eigenvalue weighted by Gasteiger charge is 2.28. The number of anilines is 1. The standard InChI is InChI=1S/C22H20N2O5S3/c1-23-19(31-22-21(23)15-12-14(28-2)8-9-17(15)29-22)13-20-24(10-5-11-32(25,26)27)16-6-3-4-7-18(16)30-20/h3-4,6-9,12-13H,5,10-11H2,1-2H3. The quantitative estimate of drug-likeness (QED) is 0.295. The number of hydrogen-bond acceptors (Lipinski definition) is 8. The van der Waals surface area contributed by atoms with Crippen LogP contribution in [-0.4, -0.2) is 32.4 Å². The number of para-hydroxylation sites is 1. The molecule has 4 aromatic rings. The second-order valence-corrected chi connectivity index (χ2v) is 11.0. The minimum Gasteiger partial charge on any atom is -0.748 e. The summed E-state index contributed by atoms with van der Waals surface area (Å²) in [6.07, 6.45) is 2.35. The number of fused-ring (bicyclic) bond motifs is 4. The maximum Gasteiger partial charge on any atom is 0.271 e. The van der Waals surface area contributed by atoms with Crippen molar-refractivity contribution in [2.45, 2.75) is 11.3 Å². The number of furan rings is 1. The molecule has 0 unspecified atom stereocenters. The Labute approximate surface area is 193 Å². The van der Waals surface area contributed by atoms with Gasteiger partial charge in [-0.05, 0) is 48.1 Å². The van der Waals surface area contributed by atoms with Gasteiger partial charge in [0, 0.05) is 17.2 Å². The van der Waals surface area contributed by atoms with E-state index in [-0.39, 0.29) is 12.2 Å². The Bertz CT molecular complexity index is 1470. The molecule has 2 aromatic heterocycles. The van der Waals surface area contributed by atoms with Crippen LogP contribution in [0.3, 0.4) is 0 Å². The highest BCUT2D eigenvalue weighted by atomic mass is 32.2. The van der Waals surface area contributed by atoms with Crippen LogP contribution in [-0.2, 0) is 17.2 Å². The molecule has 1 aliphatic heterocycles. The number of nitrogens with zero attached hydrogens (tertiary/aromatic N) is 2.